The molecule has 0 saturated carbocycles. The lowest BCUT2D eigenvalue weighted by molar-refractivity contribution is -0.116. The van der Waals surface area contributed by atoms with Crippen molar-refractivity contribution in [3.8, 4) is 0 Å². The van der Waals surface area contributed by atoms with Gasteiger partial charge in [-0.15, -0.1) is 0 Å². The maximum Gasteiger partial charge on any atom is 0.242 e. The molecule has 1 atom stereocenters. The summed E-state index contributed by atoms with van der Waals surface area (Å²) in [5.74, 6) is -0.143. The quantitative estimate of drug-likeness (QED) is 0.795. The second kappa shape index (κ2) is 7.53. The Kier molecular flexibility index (Phi) is 6.32. The number of nitrogens with two attached hydrogens (primary N) is 1. The van der Waals surface area contributed by atoms with E-state index in [1.165, 1.54) is 26.2 Å². The van der Waals surface area contributed by atoms with E-state index in [9.17, 15) is 13.2 Å². The zero-order chi connectivity index (χ0) is 16.0. The van der Waals surface area contributed by atoms with Gasteiger partial charge in [-0.2, -0.15) is 0 Å². The second-order valence-electron chi connectivity index (χ2n) is 5.23. The fraction of sp³-hybridized carbons (Fsp3) is 0.500. The van der Waals surface area contributed by atoms with E-state index in [-0.39, 0.29) is 16.8 Å². The van der Waals surface area contributed by atoms with Gasteiger partial charge in [-0.3, -0.25) is 4.79 Å². The Balaban J connectivity index is 2.71. The van der Waals surface area contributed by atoms with Gasteiger partial charge in [-0.25, -0.2) is 12.7 Å². The Hall–Kier alpha value is -1.44. The number of anilines is 1. The predicted octanol–water partition coefficient (Wildman–Crippen LogP) is 1.39. The van der Waals surface area contributed by atoms with Crippen LogP contribution in [0, 0.1) is 0 Å². The maximum absolute atomic E-state index is 12.0. The van der Waals surface area contributed by atoms with Crippen molar-refractivity contribution in [3.63, 3.8) is 0 Å². The molecule has 0 bridgehead atoms. The van der Waals surface area contributed by atoms with E-state index < -0.39 is 10.0 Å². The molecule has 7 heteroatoms. The number of amides is 1. The molecule has 0 aliphatic heterocycles. The van der Waals surface area contributed by atoms with Gasteiger partial charge >= 0.3 is 0 Å². The van der Waals surface area contributed by atoms with Crippen LogP contribution in [0.5, 0.6) is 0 Å². The summed E-state index contributed by atoms with van der Waals surface area (Å²) in [5, 5.41) is 2.70. The number of carbonyl (C=O) groups is 1. The lowest BCUT2D eigenvalue weighted by atomic mass is 10.1. The van der Waals surface area contributed by atoms with Gasteiger partial charge in [0.15, 0.2) is 0 Å². The van der Waals surface area contributed by atoms with E-state index >= 15 is 0 Å². The summed E-state index contributed by atoms with van der Waals surface area (Å²) in [7, 11) is -0.564. The first-order valence-electron chi connectivity index (χ1n) is 6.81. The fourth-order valence-corrected chi connectivity index (χ4v) is 2.70. The first kappa shape index (κ1) is 17.6. The molecule has 0 aliphatic rings. The molecule has 21 heavy (non-hydrogen) atoms. The molecule has 0 aromatic heterocycles. The smallest absolute Gasteiger partial charge is 0.242 e. The zero-order valence-corrected chi connectivity index (χ0v) is 13.5. The number of hydrogen-bond acceptors (Lipinski definition) is 4. The highest BCUT2D eigenvalue weighted by atomic mass is 32.2. The van der Waals surface area contributed by atoms with Crippen LogP contribution < -0.4 is 11.1 Å². The maximum atomic E-state index is 12.0. The summed E-state index contributed by atoms with van der Waals surface area (Å²) in [6.07, 6.45) is 1.86. The summed E-state index contributed by atoms with van der Waals surface area (Å²) < 4.78 is 25.2. The van der Waals surface area contributed by atoms with Crippen LogP contribution in [0.4, 0.5) is 5.69 Å². The number of sulfonamides is 1. The first-order chi connectivity index (χ1) is 9.73. The summed E-state index contributed by atoms with van der Waals surface area (Å²) in [5.41, 5.74) is 6.10. The average molecular weight is 313 g/mol. The summed E-state index contributed by atoms with van der Waals surface area (Å²) >= 11 is 0. The van der Waals surface area contributed by atoms with E-state index in [4.69, 9.17) is 5.73 Å². The number of carbonyl (C=O) groups excluding carboxylic acids is 1. The highest BCUT2D eigenvalue weighted by molar-refractivity contribution is 7.89. The van der Waals surface area contributed by atoms with Gasteiger partial charge in [0.25, 0.3) is 0 Å². The molecule has 0 aliphatic carbocycles. The fourth-order valence-electron chi connectivity index (χ4n) is 1.75. The van der Waals surface area contributed by atoms with E-state index in [2.05, 4.69) is 5.32 Å². The molecule has 3 N–H and O–H groups in total. The van der Waals surface area contributed by atoms with Gasteiger partial charge in [0.05, 0.1) is 4.90 Å². The Morgan fingerprint density at radius 2 is 2.05 bits per heavy atom. The third-order valence-electron chi connectivity index (χ3n) is 2.96. The Bertz CT molecular complexity index is 583. The van der Waals surface area contributed by atoms with E-state index in [0.29, 0.717) is 18.5 Å². The molecule has 1 rings (SSSR count). The third kappa shape index (κ3) is 5.45. The van der Waals surface area contributed by atoms with Crippen LogP contribution in [-0.4, -0.2) is 38.8 Å². The SMILES string of the molecule is CC(N)CCCC(=O)Nc1cccc(S(=O)(=O)N(C)C)c1. The van der Waals surface area contributed by atoms with Crippen LogP contribution in [0.3, 0.4) is 0 Å². The van der Waals surface area contributed by atoms with E-state index in [1.807, 2.05) is 6.92 Å². The van der Waals surface area contributed by atoms with Crippen molar-refractivity contribution < 1.29 is 13.2 Å². The lowest BCUT2D eigenvalue weighted by Gasteiger charge is -2.12. The number of rotatable bonds is 7. The highest BCUT2D eigenvalue weighted by Gasteiger charge is 2.17. The largest absolute Gasteiger partial charge is 0.328 e. The van der Waals surface area contributed by atoms with Crippen molar-refractivity contribution in [2.45, 2.75) is 37.1 Å². The predicted molar refractivity (Wildman–Crippen MR) is 83.4 cm³/mol. The van der Waals surface area contributed by atoms with E-state index in [0.717, 1.165) is 10.7 Å². The molecule has 0 radical (unpaired) electrons. The monoisotopic (exact) mass is 313 g/mol. The Morgan fingerprint density at radius 3 is 2.62 bits per heavy atom. The van der Waals surface area contributed by atoms with Gasteiger partial charge in [-0.1, -0.05) is 6.07 Å². The molecular weight excluding hydrogens is 290 g/mol. The highest BCUT2D eigenvalue weighted by Crippen LogP contribution is 2.18. The molecule has 0 fully saturated rings. The molecule has 0 spiro atoms. The van der Waals surface area contributed by atoms with Crippen LogP contribution >= 0.6 is 0 Å². The molecular formula is C14H23N3O3S. The van der Waals surface area contributed by atoms with Crippen LogP contribution in [0.25, 0.3) is 0 Å². The minimum absolute atomic E-state index is 0.0753. The minimum Gasteiger partial charge on any atom is -0.328 e. The van der Waals surface area contributed by atoms with Gasteiger partial charge in [0.2, 0.25) is 15.9 Å². The average Bonchev–Trinajstić information content (AvgIpc) is 2.38. The van der Waals surface area contributed by atoms with Gasteiger partial charge in [-0.05, 0) is 38.0 Å². The van der Waals surface area contributed by atoms with Gasteiger partial charge in [0.1, 0.15) is 0 Å². The number of benzene rings is 1. The molecule has 0 heterocycles. The van der Waals surface area contributed by atoms with Crippen molar-refractivity contribution in [1.82, 2.24) is 4.31 Å². The third-order valence-corrected chi connectivity index (χ3v) is 4.77. The second-order valence-corrected chi connectivity index (χ2v) is 7.38. The van der Waals surface area contributed by atoms with Crippen molar-refractivity contribution in [2.75, 3.05) is 19.4 Å². The van der Waals surface area contributed by atoms with Gasteiger partial charge < -0.3 is 11.1 Å². The lowest BCUT2D eigenvalue weighted by Crippen LogP contribution is -2.22. The minimum atomic E-state index is -3.50. The normalized spacial score (nSPS) is 13.2. The molecule has 1 aromatic carbocycles. The number of nitrogens with one attached hydrogen (secondary N) is 1. The Labute approximate surface area is 126 Å². The summed E-state index contributed by atoms with van der Waals surface area (Å²) in [6.45, 7) is 1.90. The van der Waals surface area contributed by atoms with Crippen LogP contribution in [0.2, 0.25) is 0 Å². The zero-order valence-electron chi connectivity index (χ0n) is 12.7. The molecule has 118 valence electrons. The van der Waals surface area contributed by atoms with Crippen molar-refractivity contribution >= 4 is 21.6 Å². The van der Waals surface area contributed by atoms with Crippen molar-refractivity contribution in [3.05, 3.63) is 24.3 Å². The summed E-state index contributed by atoms with van der Waals surface area (Å²) in [6, 6.07) is 6.30. The van der Waals surface area contributed by atoms with E-state index in [1.54, 1.807) is 12.1 Å². The standard InChI is InChI=1S/C14H23N3O3S/c1-11(15)6-4-9-14(18)16-12-7-5-8-13(10-12)21(19,20)17(2)3/h5,7-8,10-11H,4,6,9,15H2,1-3H3,(H,16,18). The topological polar surface area (TPSA) is 92.5 Å². The number of nitrogens with zero attached hydrogens (tertiary/aromatic N) is 1. The van der Waals surface area contributed by atoms with Gasteiger partial charge in [0, 0.05) is 32.2 Å². The van der Waals surface area contributed by atoms with Crippen LogP contribution in [0.15, 0.2) is 29.2 Å². The summed E-state index contributed by atoms with van der Waals surface area (Å²) in [4.78, 5) is 11.9. The molecule has 6 nitrogen and oxygen atoms in total. The van der Waals surface area contributed by atoms with Crippen LogP contribution in [-0.2, 0) is 14.8 Å². The first-order valence-corrected chi connectivity index (χ1v) is 8.25. The van der Waals surface area contributed by atoms with Crippen molar-refractivity contribution in [1.29, 1.82) is 0 Å². The van der Waals surface area contributed by atoms with Crippen molar-refractivity contribution in [2.24, 2.45) is 5.73 Å². The molecule has 0 saturated heterocycles. The van der Waals surface area contributed by atoms with Crippen LogP contribution in [0.1, 0.15) is 26.2 Å². The number of hydrogen-bond donors (Lipinski definition) is 2. The Morgan fingerprint density at radius 1 is 1.38 bits per heavy atom. The molecule has 1 amide bonds. The molecule has 1 aromatic rings. The molecule has 1 unspecified atom stereocenters.